The molecule has 0 spiro atoms. The van der Waals surface area contributed by atoms with E-state index in [2.05, 4.69) is 75.1 Å². The summed E-state index contributed by atoms with van der Waals surface area (Å²) in [7, 11) is 1.72. The average Bonchev–Trinajstić information content (AvgIpc) is 2.62. The summed E-state index contributed by atoms with van der Waals surface area (Å²) in [6.45, 7) is 8.59. The number of para-hydroxylation sites is 2. The highest BCUT2D eigenvalue weighted by Crippen LogP contribution is 2.40. The zero-order chi connectivity index (χ0) is 18.0. The summed E-state index contributed by atoms with van der Waals surface area (Å²) in [6.07, 6.45) is 0. The second-order valence-electron chi connectivity index (χ2n) is 6.54. The quantitative estimate of drug-likeness (QED) is 0.548. The molecule has 0 saturated heterocycles. The molecular formula is C23H25NO. The molecule has 2 heteroatoms. The SMILES string of the molecule is COc1ccccc1N(c1ccc(C)c(C)c1)c1ccc(C)c(C)c1. The normalized spacial score (nSPS) is 10.6. The zero-order valence-electron chi connectivity index (χ0n) is 15.6. The van der Waals surface area contributed by atoms with Gasteiger partial charge in [0.2, 0.25) is 0 Å². The molecule has 3 aromatic carbocycles. The van der Waals surface area contributed by atoms with Crippen LogP contribution in [0.15, 0.2) is 60.7 Å². The molecule has 0 amide bonds. The molecule has 0 atom stereocenters. The molecule has 0 aliphatic carbocycles. The molecule has 25 heavy (non-hydrogen) atoms. The summed E-state index contributed by atoms with van der Waals surface area (Å²) in [6, 6.07) is 21.3. The highest BCUT2D eigenvalue weighted by Gasteiger charge is 2.17. The Hall–Kier alpha value is -2.74. The molecule has 3 rings (SSSR count). The molecule has 0 N–H and O–H groups in total. The van der Waals surface area contributed by atoms with E-state index in [4.69, 9.17) is 4.74 Å². The van der Waals surface area contributed by atoms with Gasteiger partial charge < -0.3 is 9.64 Å². The topological polar surface area (TPSA) is 12.5 Å². The first-order valence-corrected chi connectivity index (χ1v) is 8.59. The lowest BCUT2D eigenvalue weighted by Crippen LogP contribution is -2.12. The predicted molar refractivity (Wildman–Crippen MR) is 107 cm³/mol. The van der Waals surface area contributed by atoms with E-state index < -0.39 is 0 Å². The molecule has 0 radical (unpaired) electrons. The summed E-state index contributed by atoms with van der Waals surface area (Å²) < 4.78 is 5.64. The van der Waals surface area contributed by atoms with Crippen LogP contribution in [0.1, 0.15) is 22.3 Å². The number of benzene rings is 3. The van der Waals surface area contributed by atoms with Crippen LogP contribution in [0.5, 0.6) is 5.75 Å². The van der Waals surface area contributed by atoms with Crippen molar-refractivity contribution in [1.82, 2.24) is 0 Å². The van der Waals surface area contributed by atoms with Crippen molar-refractivity contribution in [3.63, 3.8) is 0 Å². The van der Waals surface area contributed by atoms with Crippen LogP contribution in [0.3, 0.4) is 0 Å². The van der Waals surface area contributed by atoms with Crippen molar-refractivity contribution >= 4 is 17.1 Å². The molecule has 0 aliphatic heterocycles. The van der Waals surface area contributed by atoms with E-state index in [-0.39, 0.29) is 0 Å². The Morgan fingerprint density at radius 3 is 1.64 bits per heavy atom. The van der Waals surface area contributed by atoms with Crippen molar-refractivity contribution in [2.24, 2.45) is 0 Å². The van der Waals surface area contributed by atoms with Gasteiger partial charge in [-0.1, -0.05) is 24.3 Å². The maximum atomic E-state index is 5.64. The Balaban J connectivity index is 2.23. The van der Waals surface area contributed by atoms with Crippen LogP contribution in [-0.2, 0) is 0 Å². The number of ether oxygens (including phenoxy) is 1. The van der Waals surface area contributed by atoms with Crippen LogP contribution in [0.4, 0.5) is 17.1 Å². The smallest absolute Gasteiger partial charge is 0.142 e. The number of hydrogen-bond donors (Lipinski definition) is 0. The lowest BCUT2D eigenvalue weighted by atomic mass is 10.1. The van der Waals surface area contributed by atoms with Gasteiger partial charge in [-0.3, -0.25) is 0 Å². The lowest BCUT2D eigenvalue weighted by Gasteiger charge is -2.28. The third kappa shape index (κ3) is 3.39. The second-order valence-corrected chi connectivity index (χ2v) is 6.54. The highest BCUT2D eigenvalue weighted by molar-refractivity contribution is 5.80. The fourth-order valence-corrected chi connectivity index (χ4v) is 2.97. The van der Waals surface area contributed by atoms with Crippen LogP contribution in [0.25, 0.3) is 0 Å². The van der Waals surface area contributed by atoms with Gasteiger partial charge in [0.05, 0.1) is 12.8 Å². The Kier molecular flexibility index (Phi) is 4.80. The number of anilines is 3. The van der Waals surface area contributed by atoms with Crippen molar-refractivity contribution in [3.8, 4) is 5.75 Å². The molecule has 3 aromatic rings. The maximum Gasteiger partial charge on any atom is 0.142 e. The van der Waals surface area contributed by atoms with E-state index in [9.17, 15) is 0 Å². The highest BCUT2D eigenvalue weighted by atomic mass is 16.5. The van der Waals surface area contributed by atoms with Gasteiger partial charge >= 0.3 is 0 Å². The molecule has 0 unspecified atom stereocenters. The van der Waals surface area contributed by atoms with E-state index in [1.807, 2.05) is 18.2 Å². The van der Waals surface area contributed by atoms with Gasteiger partial charge in [-0.05, 0) is 86.3 Å². The van der Waals surface area contributed by atoms with E-state index in [1.165, 1.54) is 22.3 Å². The molecule has 0 fully saturated rings. The molecule has 2 nitrogen and oxygen atoms in total. The standard InChI is InChI=1S/C23H25NO/c1-16-10-12-20(14-18(16)3)24(21-13-11-17(2)19(4)15-21)22-8-6-7-9-23(22)25-5/h6-15H,1-5H3. The van der Waals surface area contributed by atoms with Crippen molar-refractivity contribution < 1.29 is 4.74 Å². The van der Waals surface area contributed by atoms with Crippen LogP contribution in [0, 0.1) is 27.7 Å². The Labute approximate surface area is 150 Å². The number of aryl methyl sites for hydroxylation is 4. The zero-order valence-corrected chi connectivity index (χ0v) is 15.6. The Bertz CT molecular complexity index is 847. The van der Waals surface area contributed by atoms with Crippen molar-refractivity contribution in [1.29, 1.82) is 0 Å². The molecule has 0 bridgehead atoms. The van der Waals surface area contributed by atoms with E-state index in [0.29, 0.717) is 0 Å². The minimum atomic E-state index is 0.860. The monoisotopic (exact) mass is 331 g/mol. The molecule has 128 valence electrons. The van der Waals surface area contributed by atoms with Gasteiger partial charge in [0.25, 0.3) is 0 Å². The molecule has 0 aromatic heterocycles. The average molecular weight is 331 g/mol. The van der Waals surface area contributed by atoms with Gasteiger partial charge in [-0.25, -0.2) is 0 Å². The first-order valence-electron chi connectivity index (χ1n) is 8.59. The Morgan fingerprint density at radius 2 is 1.16 bits per heavy atom. The van der Waals surface area contributed by atoms with E-state index in [0.717, 1.165) is 22.8 Å². The fraction of sp³-hybridized carbons (Fsp3) is 0.217. The van der Waals surface area contributed by atoms with Gasteiger partial charge in [0.1, 0.15) is 5.75 Å². The van der Waals surface area contributed by atoms with Gasteiger partial charge in [-0.15, -0.1) is 0 Å². The fourth-order valence-electron chi connectivity index (χ4n) is 2.97. The van der Waals surface area contributed by atoms with Crippen LogP contribution in [-0.4, -0.2) is 7.11 Å². The van der Waals surface area contributed by atoms with Gasteiger partial charge in [-0.2, -0.15) is 0 Å². The minimum absolute atomic E-state index is 0.860. The molecular weight excluding hydrogens is 306 g/mol. The molecule has 0 saturated carbocycles. The second kappa shape index (κ2) is 7.02. The molecule has 0 heterocycles. The van der Waals surface area contributed by atoms with Crippen LogP contribution in [0.2, 0.25) is 0 Å². The first kappa shape index (κ1) is 17.1. The summed E-state index contributed by atoms with van der Waals surface area (Å²) in [5.74, 6) is 0.860. The third-order valence-corrected chi connectivity index (χ3v) is 4.82. The summed E-state index contributed by atoms with van der Waals surface area (Å²) in [4.78, 5) is 2.26. The van der Waals surface area contributed by atoms with Crippen LogP contribution < -0.4 is 9.64 Å². The van der Waals surface area contributed by atoms with E-state index in [1.54, 1.807) is 7.11 Å². The number of methoxy groups -OCH3 is 1. The van der Waals surface area contributed by atoms with Crippen molar-refractivity contribution in [2.75, 3.05) is 12.0 Å². The summed E-state index contributed by atoms with van der Waals surface area (Å²) in [5, 5.41) is 0. The lowest BCUT2D eigenvalue weighted by molar-refractivity contribution is 0.416. The number of nitrogens with zero attached hydrogens (tertiary/aromatic N) is 1. The number of hydrogen-bond acceptors (Lipinski definition) is 2. The summed E-state index contributed by atoms with van der Waals surface area (Å²) in [5.41, 5.74) is 8.46. The maximum absolute atomic E-state index is 5.64. The van der Waals surface area contributed by atoms with Crippen molar-refractivity contribution in [2.45, 2.75) is 27.7 Å². The van der Waals surface area contributed by atoms with Gasteiger partial charge in [0, 0.05) is 11.4 Å². The molecule has 0 aliphatic rings. The van der Waals surface area contributed by atoms with E-state index >= 15 is 0 Å². The third-order valence-electron chi connectivity index (χ3n) is 4.82. The first-order chi connectivity index (χ1) is 12.0. The Morgan fingerprint density at radius 1 is 0.640 bits per heavy atom. The van der Waals surface area contributed by atoms with Crippen LogP contribution >= 0.6 is 0 Å². The minimum Gasteiger partial charge on any atom is -0.495 e. The van der Waals surface area contributed by atoms with Gasteiger partial charge in [0.15, 0.2) is 0 Å². The van der Waals surface area contributed by atoms with Crippen molar-refractivity contribution in [3.05, 3.63) is 82.9 Å². The largest absolute Gasteiger partial charge is 0.495 e. The predicted octanol–water partition coefficient (Wildman–Crippen LogP) is 6.40. The number of rotatable bonds is 4. The summed E-state index contributed by atoms with van der Waals surface area (Å²) >= 11 is 0.